The number of rotatable bonds is 3. The molecule has 3 rings (SSSR count). The monoisotopic (exact) mass is 296 g/mol. The Hall–Kier alpha value is -1.40. The van der Waals surface area contributed by atoms with E-state index in [1.54, 1.807) is 0 Å². The fraction of sp³-hybridized carbons (Fsp3) is 0.733. The third kappa shape index (κ3) is 1.54. The van der Waals surface area contributed by atoms with Crippen LogP contribution >= 0.6 is 0 Å². The third-order valence-corrected chi connectivity index (χ3v) is 6.34. The number of aliphatic hydroxyl groups excluding tert-OH is 2. The Balaban J connectivity index is 2.17. The third-order valence-electron chi connectivity index (χ3n) is 6.34. The van der Waals surface area contributed by atoms with Crippen molar-refractivity contribution in [2.24, 2.45) is 28.6 Å². The van der Waals surface area contributed by atoms with Crippen molar-refractivity contribution in [1.82, 2.24) is 0 Å². The second kappa shape index (κ2) is 4.30. The maximum atomic E-state index is 11.6. The van der Waals surface area contributed by atoms with Crippen molar-refractivity contribution >= 4 is 11.9 Å². The maximum absolute atomic E-state index is 11.6. The van der Waals surface area contributed by atoms with Gasteiger partial charge in [-0.05, 0) is 37.2 Å². The molecule has 1 spiro atoms. The Morgan fingerprint density at radius 1 is 1.33 bits per heavy atom. The summed E-state index contributed by atoms with van der Waals surface area (Å²) in [5.74, 6) is -3.30. The number of aliphatic carboxylic acids is 2. The first-order chi connectivity index (χ1) is 9.79. The van der Waals surface area contributed by atoms with E-state index in [4.69, 9.17) is 0 Å². The molecule has 0 radical (unpaired) electrons. The summed E-state index contributed by atoms with van der Waals surface area (Å²) < 4.78 is 0. The Morgan fingerprint density at radius 2 is 2.00 bits per heavy atom. The lowest BCUT2D eigenvalue weighted by Crippen LogP contribution is -2.45. The highest BCUT2D eigenvalue weighted by Crippen LogP contribution is 2.71. The molecule has 6 nitrogen and oxygen atoms in total. The molecule has 3 unspecified atom stereocenters. The summed E-state index contributed by atoms with van der Waals surface area (Å²) in [6.45, 7) is 1.62. The standard InChI is InChI=1S/C15H20O6/c1-14(6-16)9-5-15(11(17)4-7(9)12(18)19)8(13(20)21)2-3-10(14)15/h4,8-11,16-17H,2-3,5-6H2,1H3,(H,18,19)(H,20,21)/t8?,9?,10-,11-,14+,15?/m0/s1. The SMILES string of the molecule is C[C@@]1(CO)C2CC3(C(C(=O)O)CC[C@H]31)[C@@H](O)C=C2C(=O)O. The molecule has 2 saturated carbocycles. The smallest absolute Gasteiger partial charge is 0.331 e. The van der Waals surface area contributed by atoms with Gasteiger partial charge < -0.3 is 20.4 Å². The van der Waals surface area contributed by atoms with E-state index in [-0.39, 0.29) is 18.1 Å². The second-order valence-electron chi connectivity index (χ2n) is 6.93. The van der Waals surface area contributed by atoms with Gasteiger partial charge in [0.05, 0.1) is 12.0 Å². The zero-order valence-electron chi connectivity index (χ0n) is 11.8. The van der Waals surface area contributed by atoms with Gasteiger partial charge >= 0.3 is 11.9 Å². The molecule has 21 heavy (non-hydrogen) atoms. The Labute approximate surface area is 122 Å². The molecule has 0 aromatic carbocycles. The molecular formula is C15H20O6. The van der Waals surface area contributed by atoms with Crippen LogP contribution in [-0.2, 0) is 9.59 Å². The van der Waals surface area contributed by atoms with E-state index in [0.29, 0.717) is 19.3 Å². The van der Waals surface area contributed by atoms with E-state index >= 15 is 0 Å². The summed E-state index contributed by atoms with van der Waals surface area (Å²) in [7, 11) is 0. The molecule has 3 aliphatic rings. The van der Waals surface area contributed by atoms with E-state index in [1.165, 1.54) is 6.08 Å². The highest BCUT2D eigenvalue weighted by molar-refractivity contribution is 5.88. The van der Waals surface area contributed by atoms with Gasteiger partial charge in [-0.2, -0.15) is 0 Å². The quantitative estimate of drug-likeness (QED) is 0.602. The Morgan fingerprint density at radius 3 is 2.52 bits per heavy atom. The van der Waals surface area contributed by atoms with Gasteiger partial charge in [-0.3, -0.25) is 4.79 Å². The Bertz CT molecular complexity index is 540. The van der Waals surface area contributed by atoms with Gasteiger partial charge in [0.15, 0.2) is 0 Å². The number of hydrogen-bond acceptors (Lipinski definition) is 4. The highest BCUT2D eigenvalue weighted by atomic mass is 16.4. The van der Waals surface area contributed by atoms with Crippen molar-refractivity contribution in [1.29, 1.82) is 0 Å². The van der Waals surface area contributed by atoms with E-state index in [0.717, 1.165) is 0 Å². The fourth-order valence-corrected chi connectivity index (χ4v) is 5.41. The van der Waals surface area contributed by atoms with Crippen LogP contribution in [0.1, 0.15) is 26.2 Å². The molecule has 116 valence electrons. The summed E-state index contributed by atoms with van der Waals surface area (Å²) in [5.41, 5.74) is -1.41. The number of carbonyl (C=O) groups is 2. The van der Waals surface area contributed by atoms with Gasteiger partial charge in [0, 0.05) is 23.0 Å². The Kier molecular flexibility index (Phi) is 2.98. The van der Waals surface area contributed by atoms with Crippen LogP contribution < -0.4 is 0 Å². The first-order valence-electron chi connectivity index (χ1n) is 7.25. The lowest BCUT2D eigenvalue weighted by molar-refractivity contribution is -0.150. The maximum Gasteiger partial charge on any atom is 0.331 e. The second-order valence-corrected chi connectivity index (χ2v) is 6.93. The molecule has 0 amide bonds. The summed E-state index contributed by atoms with van der Waals surface area (Å²) >= 11 is 0. The minimum Gasteiger partial charge on any atom is -0.481 e. The highest BCUT2D eigenvalue weighted by Gasteiger charge is 2.71. The van der Waals surface area contributed by atoms with Crippen molar-refractivity contribution in [2.75, 3.05) is 6.61 Å². The van der Waals surface area contributed by atoms with Crippen molar-refractivity contribution in [3.05, 3.63) is 11.6 Å². The molecule has 2 bridgehead atoms. The number of carboxylic acids is 2. The molecule has 0 aromatic rings. The van der Waals surface area contributed by atoms with E-state index in [2.05, 4.69) is 0 Å². The van der Waals surface area contributed by atoms with Crippen molar-refractivity contribution in [2.45, 2.75) is 32.3 Å². The molecule has 0 aliphatic heterocycles. The zero-order chi connectivity index (χ0) is 15.6. The van der Waals surface area contributed by atoms with Crippen LogP contribution in [0.25, 0.3) is 0 Å². The summed E-state index contributed by atoms with van der Waals surface area (Å²) in [6, 6.07) is 0. The van der Waals surface area contributed by atoms with E-state index in [9.17, 15) is 30.0 Å². The van der Waals surface area contributed by atoms with Crippen molar-refractivity contribution in [3.63, 3.8) is 0 Å². The van der Waals surface area contributed by atoms with Crippen LogP contribution in [0, 0.1) is 28.6 Å². The van der Waals surface area contributed by atoms with Gasteiger partial charge in [0.2, 0.25) is 0 Å². The van der Waals surface area contributed by atoms with Crippen LogP contribution in [-0.4, -0.2) is 45.1 Å². The molecule has 4 N–H and O–H groups in total. The molecule has 3 aliphatic carbocycles. The molecule has 6 heteroatoms. The topological polar surface area (TPSA) is 115 Å². The van der Waals surface area contributed by atoms with Crippen LogP contribution in [0.3, 0.4) is 0 Å². The predicted molar refractivity (Wildman–Crippen MR) is 71.3 cm³/mol. The lowest BCUT2D eigenvalue weighted by Gasteiger charge is -2.40. The minimum absolute atomic E-state index is 0.114. The normalized spacial score (nSPS) is 47.9. The molecule has 0 saturated heterocycles. The first kappa shape index (κ1) is 14.5. The molecule has 2 fully saturated rings. The first-order valence-corrected chi connectivity index (χ1v) is 7.25. The molecule has 0 aromatic heterocycles. The lowest BCUT2D eigenvalue weighted by atomic mass is 9.65. The van der Waals surface area contributed by atoms with E-state index in [1.807, 2.05) is 6.92 Å². The number of hydrogen-bond donors (Lipinski definition) is 4. The molecular weight excluding hydrogens is 276 g/mol. The van der Waals surface area contributed by atoms with E-state index < -0.39 is 40.7 Å². The summed E-state index contributed by atoms with van der Waals surface area (Å²) in [5, 5.41) is 39.3. The predicted octanol–water partition coefficient (Wildman–Crippen LogP) is 0.488. The minimum atomic E-state index is -1.10. The van der Waals surface area contributed by atoms with Crippen LogP contribution in [0.4, 0.5) is 0 Å². The van der Waals surface area contributed by atoms with Gasteiger partial charge in [-0.15, -0.1) is 0 Å². The zero-order valence-corrected chi connectivity index (χ0v) is 11.8. The average molecular weight is 296 g/mol. The number of aliphatic hydroxyl groups is 2. The summed E-state index contributed by atoms with van der Waals surface area (Å²) in [6.07, 6.45) is 1.62. The van der Waals surface area contributed by atoms with Gasteiger partial charge in [-0.1, -0.05) is 6.92 Å². The van der Waals surface area contributed by atoms with Gasteiger partial charge in [0.1, 0.15) is 0 Å². The fourth-order valence-electron chi connectivity index (χ4n) is 5.41. The molecule has 0 heterocycles. The largest absolute Gasteiger partial charge is 0.481 e. The number of fused-ring (bicyclic) bond motifs is 1. The van der Waals surface area contributed by atoms with Crippen LogP contribution in [0.2, 0.25) is 0 Å². The summed E-state index contributed by atoms with van der Waals surface area (Å²) in [4.78, 5) is 23.0. The number of carboxylic acid groups (broad SMARTS) is 2. The van der Waals surface area contributed by atoms with Gasteiger partial charge in [0.25, 0.3) is 0 Å². The van der Waals surface area contributed by atoms with Gasteiger partial charge in [-0.25, -0.2) is 4.79 Å². The van der Waals surface area contributed by atoms with Crippen LogP contribution in [0.15, 0.2) is 11.6 Å². The van der Waals surface area contributed by atoms with Crippen LogP contribution in [0.5, 0.6) is 0 Å². The molecule has 6 atom stereocenters. The van der Waals surface area contributed by atoms with Crippen molar-refractivity contribution < 1.29 is 30.0 Å². The van der Waals surface area contributed by atoms with Crippen molar-refractivity contribution in [3.8, 4) is 0 Å². The average Bonchev–Trinajstić information content (AvgIpc) is 2.89.